The molecule has 3 aliphatic heterocycles. The van der Waals surface area contributed by atoms with Crippen molar-refractivity contribution in [3.05, 3.63) is 0 Å². The van der Waals surface area contributed by atoms with Crippen LogP contribution in [0.5, 0.6) is 0 Å². The highest BCUT2D eigenvalue weighted by atomic mass is 16.6. The van der Waals surface area contributed by atoms with Crippen molar-refractivity contribution in [1.29, 1.82) is 0 Å². The Morgan fingerprint density at radius 1 is 1.21 bits per heavy atom. The summed E-state index contributed by atoms with van der Waals surface area (Å²) < 4.78 is 12.1. The molecule has 1 saturated carbocycles. The summed E-state index contributed by atoms with van der Waals surface area (Å²) >= 11 is 0. The molecule has 192 valence electrons. The molecular formula is C26H42N2O6. The zero-order chi connectivity index (χ0) is 24.7. The standard InChI is InChI=1S/C26H42N2O6/c1-5-25-12-13-26(34-25)19(20(25)24(32)33-6-2)23(31)28(18(15-29)14-16(3)4)21(26)22(30)27-17-10-8-7-9-11-17/h16-21,29H,5-15H2,1-4H3,(H,27,30)/t18-,19+,20+,21?,25-,26?/m1/s1. The van der Waals surface area contributed by atoms with E-state index >= 15 is 0 Å². The van der Waals surface area contributed by atoms with Crippen molar-refractivity contribution < 1.29 is 29.0 Å². The van der Waals surface area contributed by atoms with Crippen LogP contribution < -0.4 is 5.32 Å². The van der Waals surface area contributed by atoms with E-state index in [1.165, 1.54) is 6.42 Å². The average molecular weight is 479 g/mol. The molecule has 3 heterocycles. The number of likely N-dealkylation sites (tertiary alicyclic amines) is 1. The second kappa shape index (κ2) is 9.76. The van der Waals surface area contributed by atoms with Gasteiger partial charge < -0.3 is 24.8 Å². The third-order valence-electron chi connectivity index (χ3n) is 8.71. The van der Waals surface area contributed by atoms with Crippen molar-refractivity contribution in [2.75, 3.05) is 13.2 Å². The van der Waals surface area contributed by atoms with Crippen LogP contribution in [0.15, 0.2) is 0 Å². The maximum Gasteiger partial charge on any atom is 0.312 e. The van der Waals surface area contributed by atoms with E-state index < -0.39 is 41.1 Å². The Hall–Kier alpha value is -1.67. The molecule has 0 aromatic rings. The predicted octanol–water partition coefficient (Wildman–Crippen LogP) is 2.56. The minimum atomic E-state index is -1.06. The Bertz CT molecular complexity index is 796. The van der Waals surface area contributed by atoms with Crippen molar-refractivity contribution in [3.8, 4) is 0 Å². The predicted molar refractivity (Wildman–Crippen MR) is 126 cm³/mol. The van der Waals surface area contributed by atoms with Gasteiger partial charge in [-0.2, -0.15) is 0 Å². The van der Waals surface area contributed by atoms with Crippen LogP contribution in [0, 0.1) is 17.8 Å². The molecule has 2 unspecified atom stereocenters. The smallest absolute Gasteiger partial charge is 0.312 e. The molecule has 34 heavy (non-hydrogen) atoms. The number of hydrogen-bond acceptors (Lipinski definition) is 6. The number of nitrogens with one attached hydrogen (secondary N) is 1. The number of aliphatic hydroxyl groups excluding tert-OH is 1. The lowest BCUT2D eigenvalue weighted by atomic mass is 9.65. The van der Waals surface area contributed by atoms with Crippen LogP contribution in [-0.4, -0.2) is 70.3 Å². The quantitative estimate of drug-likeness (QED) is 0.494. The Labute approximate surface area is 203 Å². The van der Waals surface area contributed by atoms with Gasteiger partial charge in [0, 0.05) is 6.04 Å². The minimum absolute atomic E-state index is 0.0888. The molecule has 8 nitrogen and oxygen atoms in total. The van der Waals surface area contributed by atoms with Gasteiger partial charge in [0.2, 0.25) is 11.8 Å². The number of carbonyl (C=O) groups is 3. The topological polar surface area (TPSA) is 105 Å². The van der Waals surface area contributed by atoms with Crippen LogP contribution in [-0.2, 0) is 23.9 Å². The Morgan fingerprint density at radius 3 is 2.50 bits per heavy atom. The average Bonchev–Trinajstić information content (AvgIpc) is 3.42. The number of nitrogens with zero attached hydrogens (tertiary/aromatic N) is 1. The largest absolute Gasteiger partial charge is 0.466 e. The summed E-state index contributed by atoms with van der Waals surface area (Å²) in [7, 11) is 0. The van der Waals surface area contributed by atoms with Gasteiger partial charge in [-0.1, -0.05) is 40.0 Å². The number of carbonyl (C=O) groups excluding carboxylic acids is 3. The number of hydrogen-bond donors (Lipinski definition) is 2. The monoisotopic (exact) mass is 478 g/mol. The molecule has 0 aromatic carbocycles. The Kier molecular flexibility index (Phi) is 7.30. The molecule has 3 saturated heterocycles. The van der Waals surface area contributed by atoms with Crippen molar-refractivity contribution in [1.82, 2.24) is 10.2 Å². The minimum Gasteiger partial charge on any atom is -0.466 e. The van der Waals surface area contributed by atoms with Crippen LogP contribution in [0.1, 0.15) is 85.5 Å². The van der Waals surface area contributed by atoms with Gasteiger partial charge >= 0.3 is 5.97 Å². The summed E-state index contributed by atoms with van der Waals surface area (Å²) in [6.07, 6.45) is 7.52. The van der Waals surface area contributed by atoms with Gasteiger partial charge in [0.05, 0.1) is 30.8 Å². The summed E-state index contributed by atoms with van der Waals surface area (Å²) in [5.74, 6) is -2.14. The fourth-order valence-electron chi connectivity index (χ4n) is 7.29. The van der Waals surface area contributed by atoms with Crippen molar-refractivity contribution in [2.24, 2.45) is 17.8 Å². The summed E-state index contributed by atoms with van der Waals surface area (Å²) in [6.45, 7) is 7.80. The molecule has 4 rings (SSSR count). The van der Waals surface area contributed by atoms with Gasteiger partial charge in [0.15, 0.2) is 0 Å². The van der Waals surface area contributed by atoms with Crippen LogP contribution in [0.3, 0.4) is 0 Å². The lowest BCUT2D eigenvalue weighted by molar-refractivity contribution is -0.162. The summed E-state index contributed by atoms with van der Waals surface area (Å²) in [5.41, 5.74) is -1.84. The molecule has 1 spiro atoms. The molecule has 4 aliphatic rings. The van der Waals surface area contributed by atoms with E-state index in [4.69, 9.17) is 9.47 Å². The van der Waals surface area contributed by atoms with E-state index in [2.05, 4.69) is 5.32 Å². The van der Waals surface area contributed by atoms with Crippen molar-refractivity contribution in [3.63, 3.8) is 0 Å². The zero-order valence-electron chi connectivity index (χ0n) is 21.2. The third kappa shape index (κ3) is 3.94. The molecule has 0 aromatic heterocycles. The molecule has 2 N–H and O–H groups in total. The number of amides is 2. The van der Waals surface area contributed by atoms with E-state index in [1.54, 1.807) is 11.8 Å². The highest BCUT2D eigenvalue weighted by Crippen LogP contribution is 2.64. The van der Waals surface area contributed by atoms with Gasteiger partial charge in [-0.15, -0.1) is 0 Å². The molecule has 8 heteroatoms. The van der Waals surface area contributed by atoms with E-state index in [-0.39, 0.29) is 37.0 Å². The summed E-state index contributed by atoms with van der Waals surface area (Å²) in [5, 5.41) is 13.5. The van der Waals surface area contributed by atoms with Crippen LogP contribution >= 0.6 is 0 Å². The highest BCUT2D eigenvalue weighted by Gasteiger charge is 2.79. The summed E-state index contributed by atoms with van der Waals surface area (Å²) in [6, 6.07) is -1.26. The number of ether oxygens (including phenoxy) is 2. The first kappa shape index (κ1) is 25.4. The fourth-order valence-corrected chi connectivity index (χ4v) is 7.29. The first-order valence-corrected chi connectivity index (χ1v) is 13.3. The molecule has 0 radical (unpaired) electrons. The van der Waals surface area contributed by atoms with Gasteiger partial charge in [-0.3, -0.25) is 14.4 Å². The van der Waals surface area contributed by atoms with E-state index in [0.29, 0.717) is 25.7 Å². The van der Waals surface area contributed by atoms with Crippen LogP contribution in [0.4, 0.5) is 0 Å². The third-order valence-corrected chi connectivity index (χ3v) is 8.71. The molecule has 2 bridgehead atoms. The molecule has 2 amide bonds. The number of aliphatic hydroxyl groups is 1. The highest BCUT2D eigenvalue weighted by molar-refractivity contribution is 5.98. The van der Waals surface area contributed by atoms with Crippen molar-refractivity contribution >= 4 is 17.8 Å². The Balaban J connectivity index is 1.75. The van der Waals surface area contributed by atoms with Gasteiger partial charge in [0.1, 0.15) is 17.6 Å². The normalized spacial score (nSPS) is 36.1. The first-order valence-electron chi connectivity index (χ1n) is 13.3. The molecule has 1 aliphatic carbocycles. The lowest BCUT2D eigenvalue weighted by Gasteiger charge is -2.38. The first-order chi connectivity index (χ1) is 16.2. The lowest BCUT2D eigenvalue weighted by Crippen LogP contribution is -2.59. The van der Waals surface area contributed by atoms with E-state index in [9.17, 15) is 19.5 Å². The maximum atomic E-state index is 14.1. The number of esters is 1. The van der Waals surface area contributed by atoms with E-state index in [0.717, 1.165) is 25.7 Å². The number of fused-ring (bicyclic) bond motifs is 1. The molecule has 6 atom stereocenters. The van der Waals surface area contributed by atoms with Crippen LogP contribution in [0.25, 0.3) is 0 Å². The van der Waals surface area contributed by atoms with Gasteiger partial charge in [-0.25, -0.2) is 0 Å². The summed E-state index contributed by atoms with van der Waals surface area (Å²) in [4.78, 5) is 42.8. The zero-order valence-corrected chi connectivity index (χ0v) is 21.2. The molecular weight excluding hydrogens is 436 g/mol. The van der Waals surface area contributed by atoms with Gasteiger partial charge in [0.25, 0.3) is 0 Å². The van der Waals surface area contributed by atoms with Crippen LogP contribution in [0.2, 0.25) is 0 Å². The Morgan fingerprint density at radius 2 is 1.91 bits per heavy atom. The number of rotatable bonds is 9. The fraction of sp³-hybridized carbons (Fsp3) is 0.885. The SMILES string of the molecule is CCOC(=O)[C@@H]1[C@H]2C(=O)N([C@@H](CO)CC(C)C)C(C(=O)NC3CCCCC3)C23CC[C@@]1(CC)O3. The van der Waals surface area contributed by atoms with Crippen molar-refractivity contribution in [2.45, 2.75) is 115 Å². The second-order valence-electron chi connectivity index (χ2n) is 11.1. The second-order valence-corrected chi connectivity index (χ2v) is 11.1. The molecule has 4 fully saturated rings. The maximum absolute atomic E-state index is 14.1. The van der Waals surface area contributed by atoms with E-state index in [1.807, 2.05) is 20.8 Å². The van der Waals surface area contributed by atoms with Gasteiger partial charge in [-0.05, 0) is 51.4 Å².